The number of furan rings is 1. The third-order valence-electron chi connectivity index (χ3n) is 3.27. The monoisotopic (exact) mass is 395 g/mol. The third kappa shape index (κ3) is 5.42. The summed E-state index contributed by atoms with van der Waals surface area (Å²) in [4.78, 5) is 22.7. The van der Waals surface area contributed by atoms with Crippen molar-refractivity contribution >= 4 is 27.8 Å². The van der Waals surface area contributed by atoms with Crippen LogP contribution < -0.4 is 10.1 Å². The van der Waals surface area contributed by atoms with Crippen LogP contribution in [0.4, 0.5) is 0 Å². The van der Waals surface area contributed by atoms with Crippen LogP contribution in [0.2, 0.25) is 0 Å². The average Bonchev–Trinajstić information content (AvgIpc) is 2.91. The molecular formula is C17H18BrNO5. The summed E-state index contributed by atoms with van der Waals surface area (Å²) in [7, 11) is 0. The highest BCUT2D eigenvalue weighted by Crippen LogP contribution is 2.18. The molecule has 0 unspecified atom stereocenters. The SMILES string of the molecule is Cc1oc(CNC(=O)CCCOc2cccc(Br)c2)cc1C(=O)O. The second kappa shape index (κ2) is 8.54. The number of ether oxygens (including phenoxy) is 1. The van der Waals surface area contributed by atoms with Gasteiger partial charge < -0.3 is 19.6 Å². The highest BCUT2D eigenvalue weighted by atomic mass is 79.9. The maximum Gasteiger partial charge on any atom is 0.339 e. The predicted molar refractivity (Wildman–Crippen MR) is 91.1 cm³/mol. The van der Waals surface area contributed by atoms with E-state index in [1.807, 2.05) is 24.3 Å². The second-order valence-electron chi connectivity index (χ2n) is 5.17. The Morgan fingerprint density at radius 3 is 2.79 bits per heavy atom. The summed E-state index contributed by atoms with van der Waals surface area (Å²) in [5, 5.41) is 11.6. The molecule has 0 aliphatic carbocycles. The van der Waals surface area contributed by atoms with Crippen LogP contribution in [0.5, 0.6) is 5.75 Å². The molecule has 1 amide bonds. The number of carbonyl (C=O) groups is 2. The molecule has 2 rings (SSSR count). The van der Waals surface area contributed by atoms with Gasteiger partial charge in [-0.1, -0.05) is 22.0 Å². The highest BCUT2D eigenvalue weighted by Gasteiger charge is 2.14. The summed E-state index contributed by atoms with van der Waals surface area (Å²) in [6, 6.07) is 8.92. The van der Waals surface area contributed by atoms with Crippen molar-refractivity contribution in [2.45, 2.75) is 26.3 Å². The second-order valence-corrected chi connectivity index (χ2v) is 6.09. The fourth-order valence-electron chi connectivity index (χ4n) is 2.10. The molecule has 0 saturated carbocycles. The lowest BCUT2D eigenvalue weighted by atomic mass is 10.2. The lowest BCUT2D eigenvalue weighted by Gasteiger charge is -2.06. The van der Waals surface area contributed by atoms with E-state index < -0.39 is 5.97 Å². The standard InChI is InChI=1S/C17H18BrNO5/c1-11-15(17(21)22)9-14(24-11)10-19-16(20)6-3-7-23-13-5-2-4-12(18)8-13/h2,4-5,8-9H,3,6-7,10H2,1H3,(H,19,20)(H,21,22). The van der Waals surface area contributed by atoms with E-state index >= 15 is 0 Å². The van der Waals surface area contributed by atoms with Gasteiger partial charge in [0.05, 0.1) is 13.2 Å². The van der Waals surface area contributed by atoms with Crippen molar-refractivity contribution in [2.24, 2.45) is 0 Å². The normalized spacial score (nSPS) is 10.4. The fraction of sp³-hybridized carbons (Fsp3) is 0.294. The number of aryl methyl sites for hydroxylation is 1. The van der Waals surface area contributed by atoms with E-state index in [-0.39, 0.29) is 18.0 Å². The van der Waals surface area contributed by atoms with Crippen molar-refractivity contribution in [2.75, 3.05) is 6.61 Å². The third-order valence-corrected chi connectivity index (χ3v) is 3.77. The molecule has 0 atom stereocenters. The minimum atomic E-state index is -1.04. The van der Waals surface area contributed by atoms with Crippen LogP contribution in [0.25, 0.3) is 0 Å². The highest BCUT2D eigenvalue weighted by molar-refractivity contribution is 9.10. The number of amides is 1. The average molecular weight is 396 g/mol. The number of carbonyl (C=O) groups excluding carboxylic acids is 1. The van der Waals surface area contributed by atoms with Crippen molar-refractivity contribution in [1.82, 2.24) is 5.32 Å². The quantitative estimate of drug-likeness (QED) is 0.667. The summed E-state index contributed by atoms with van der Waals surface area (Å²) in [5.74, 6) is 0.312. The van der Waals surface area contributed by atoms with Gasteiger partial charge in [0.1, 0.15) is 22.8 Å². The molecule has 24 heavy (non-hydrogen) atoms. The maximum absolute atomic E-state index is 11.8. The summed E-state index contributed by atoms with van der Waals surface area (Å²) >= 11 is 3.36. The van der Waals surface area contributed by atoms with Gasteiger partial charge in [-0.25, -0.2) is 4.79 Å². The first-order chi connectivity index (χ1) is 11.5. The van der Waals surface area contributed by atoms with Crippen LogP contribution in [0.1, 0.15) is 34.7 Å². The number of benzene rings is 1. The van der Waals surface area contributed by atoms with Crippen molar-refractivity contribution < 1.29 is 23.8 Å². The number of carboxylic acid groups (broad SMARTS) is 1. The molecule has 0 aliphatic rings. The Morgan fingerprint density at radius 2 is 2.12 bits per heavy atom. The minimum Gasteiger partial charge on any atom is -0.494 e. The van der Waals surface area contributed by atoms with E-state index in [9.17, 15) is 9.59 Å². The number of aromatic carboxylic acids is 1. The molecule has 1 heterocycles. The number of carboxylic acids is 1. The van der Waals surface area contributed by atoms with Crippen LogP contribution in [-0.2, 0) is 11.3 Å². The number of rotatable bonds is 8. The molecule has 2 aromatic rings. The van der Waals surface area contributed by atoms with Crippen LogP contribution in [-0.4, -0.2) is 23.6 Å². The molecule has 0 aliphatic heterocycles. The Labute approximate surface area is 147 Å². The molecule has 1 aromatic heterocycles. The van der Waals surface area contributed by atoms with Gasteiger partial charge in [0.2, 0.25) is 5.91 Å². The van der Waals surface area contributed by atoms with Crippen LogP contribution in [0.3, 0.4) is 0 Å². The molecule has 2 N–H and O–H groups in total. The molecule has 128 valence electrons. The van der Waals surface area contributed by atoms with Gasteiger partial charge in [0.15, 0.2) is 0 Å². The molecule has 0 bridgehead atoms. The fourth-order valence-corrected chi connectivity index (χ4v) is 2.47. The summed E-state index contributed by atoms with van der Waals surface area (Å²) < 4.78 is 11.8. The van der Waals surface area contributed by atoms with E-state index in [1.165, 1.54) is 6.07 Å². The zero-order chi connectivity index (χ0) is 17.5. The summed E-state index contributed by atoms with van der Waals surface area (Å²) in [6.07, 6.45) is 0.898. The Morgan fingerprint density at radius 1 is 1.33 bits per heavy atom. The van der Waals surface area contributed by atoms with Gasteiger partial charge in [-0.2, -0.15) is 0 Å². The maximum atomic E-state index is 11.8. The predicted octanol–water partition coefficient (Wildman–Crippen LogP) is 3.52. The Bertz CT molecular complexity index is 726. The number of halogens is 1. The lowest BCUT2D eigenvalue weighted by molar-refractivity contribution is -0.121. The van der Waals surface area contributed by atoms with E-state index in [2.05, 4.69) is 21.2 Å². The molecular weight excluding hydrogens is 378 g/mol. The summed E-state index contributed by atoms with van der Waals surface area (Å²) in [5.41, 5.74) is 0.113. The Hall–Kier alpha value is -2.28. The minimum absolute atomic E-state index is 0.113. The van der Waals surface area contributed by atoms with Gasteiger partial charge in [-0.15, -0.1) is 0 Å². The first kappa shape index (κ1) is 18.1. The largest absolute Gasteiger partial charge is 0.494 e. The van der Waals surface area contributed by atoms with Crippen LogP contribution in [0.15, 0.2) is 39.2 Å². The Balaban J connectivity index is 1.68. The van der Waals surface area contributed by atoms with Gasteiger partial charge in [-0.3, -0.25) is 4.79 Å². The van der Waals surface area contributed by atoms with E-state index in [0.717, 1.165) is 10.2 Å². The molecule has 0 fully saturated rings. The lowest BCUT2D eigenvalue weighted by Crippen LogP contribution is -2.22. The first-order valence-corrected chi connectivity index (χ1v) is 8.22. The zero-order valence-corrected chi connectivity index (χ0v) is 14.8. The Kier molecular flexibility index (Phi) is 6.43. The zero-order valence-electron chi connectivity index (χ0n) is 13.2. The molecule has 1 aromatic carbocycles. The topological polar surface area (TPSA) is 88.8 Å². The molecule has 0 radical (unpaired) electrons. The van der Waals surface area contributed by atoms with Gasteiger partial charge in [0, 0.05) is 10.9 Å². The first-order valence-electron chi connectivity index (χ1n) is 7.43. The van der Waals surface area contributed by atoms with E-state index in [1.54, 1.807) is 6.92 Å². The number of hydrogen-bond donors (Lipinski definition) is 2. The van der Waals surface area contributed by atoms with Crippen molar-refractivity contribution in [3.63, 3.8) is 0 Å². The van der Waals surface area contributed by atoms with Crippen molar-refractivity contribution in [3.8, 4) is 5.75 Å². The molecule has 0 spiro atoms. The van der Waals surface area contributed by atoms with Gasteiger partial charge in [-0.05, 0) is 37.6 Å². The smallest absolute Gasteiger partial charge is 0.339 e. The number of hydrogen-bond acceptors (Lipinski definition) is 4. The van der Waals surface area contributed by atoms with Crippen molar-refractivity contribution in [1.29, 1.82) is 0 Å². The van der Waals surface area contributed by atoms with Gasteiger partial charge in [0.25, 0.3) is 0 Å². The van der Waals surface area contributed by atoms with Crippen molar-refractivity contribution in [3.05, 3.63) is 51.9 Å². The molecule has 6 nitrogen and oxygen atoms in total. The van der Waals surface area contributed by atoms with E-state index in [0.29, 0.717) is 31.0 Å². The van der Waals surface area contributed by atoms with Crippen LogP contribution >= 0.6 is 15.9 Å². The van der Waals surface area contributed by atoms with E-state index in [4.69, 9.17) is 14.3 Å². The molecule has 0 saturated heterocycles. The summed E-state index contributed by atoms with van der Waals surface area (Å²) in [6.45, 7) is 2.18. The molecule has 7 heteroatoms. The van der Waals surface area contributed by atoms with Gasteiger partial charge >= 0.3 is 5.97 Å². The van der Waals surface area contributed by atoms with Crippen LogP contribution in [0, 0.1) is 6.92 Å². The number of nitrogens with one attached hydrogen (secondary N) is 1.